The molecule has 1 saturated heterocycles. The van der Waals surface area contributed by atoms with Crippen LogP contribution in [0, 0.1) is 0 Å². The molecule has 2 aromatic rings. The van der Waals surface area contributed by atoms with Gasteiger partial charge >= 0.3 is 6.18 Å². The smallest absolute Gasteiger partial charge is 0.411 e. The molecule has 1 fully saturated rings. The number of halogens is 3. The van der Waals surface area contributed by atoms with E-state index in [1.807, 2.05) is 30.3 Å². The molecule has 0 aliphatic carbocycles. The van der Waals surface area contributed by atoms with E-state index in [9.17, 15) is 18.4 Å². The third-order valence-electron chi connectivity index (χ3n) is 4.54. The van der Waals surface area contributed by atoms with Crippen LogP contribution >= 0.6 is 0 Å². The van der Waals surface area contributed by atoms with Gasteiger partial charge in [0.1, 0.15) is 0 Å². The molecular formula is C19H19F3N2O. The van der Waals surface area contributed by atoms with Crippen LogP contribution < -0.4 is 0 Å². The summed E-state index contributed by atoms with van der Waals surface area (Å²) < 4.78 is 38.1. The Kier molecular flexibility index (Phi) is 5.08. The Hall–Kier alpha value is -2.34. The van der Waals surface area contributed by atoms with Crippen molar-refractivity contribution in [3.8, 4) is 0 Å². The predicted octanol–water partition coefficient (Wildman–Crippen LogP) is 4.53. The van der Waals surface area contributed by atoms with Crippen LogP contribution in [0.5, 0.6) is 0 Å². The number of benzene rings is 2. The van der Waals surface area contributed by atoms with Crippen molar-refractivity contribution < 1.29 is 18.4 Å². The first-order chi connectivity index (χ1) is 12.0. The van der Waals surface area contributed by atoms with E-state index in [1.165, 1.54) is 17.7 Å². The molecule has 132 valence electrons. The number of likely N-dealkylation sites (tertiary alicyclic amines) is 1. The van der Waals surface area contributed by atoms with E-state index in [1.54, 1.807) is 0 Å². The third kappa shape index (κ3) is 4.20. The van der Waals surface area contributed by atoms with Crippen molar-refractivity contribution in [2.75, 3.05) is 13.1 Å². The van der Waals surface area contributed by atoms with Crippen molar-refractivity contribution in [3.05, 3.63) is 71.3 Å². The summed E-state index contributed by atoms with van der Waals surface area (Å²) in [7, 11) is 0. The molecule has 0 bridgehead atoms. The molecule has 0 amide bonds. The van der Waals surface area contributed by atoms with E-state index < -0.39 is 11.7 Å². The van der Waals surface area contributed by atoms with E-state index in [2.05, 4.69) is 10.1 Å². The van der Waals surface area contributed by atoms with Gasteiger partial charge in [0.05, 0.1) is 11.3 Å². The fraction of sp³-hybridized carbons (Fsp3) is 0.316. The highest BCUT2D eigenvalue weighted by Gasteiger charge is 2.31. The molecule has 3 rings (SSSR count). The number of nitrogens with zero attached hydrogens (tertiary/aromatic N) is 2. The van der Waals surface area contributed by atoms with Crippen molar-refractivity contribution in [1.29, 1.82) is 0 Å². The van der Waals surface area contributed by atoms with Gasteiger partial charge in [-0.2, -0.15) is 13.2 Å². The van der Waals surface area contributed by atoms with E-state index in [4.69, 9.17) is 0 Å². The molecule has 1 atom stereocenters. The van der Waals surface area contributed by atoms with E-state index >= 15 is 0 Å². The summed E-state index contributed by atoms with van der Waals surface area (Å²) >= 11 is 0. The summed E-state index contributed by atoms with van der Waals surface area (Å²) in [4.78, 5) is 2.17. The lowest BCUT2D eigenvalue weighted by Gasteiger charge is -2.33. The van der Waals surface area contributed by atoms with Gasteiger partial charge in [0.25, 0.3) is 0 Å². The lowest BCUT2D eigenvalue weighted by molar-refractivity contribution is -0.137. The van der Waals surface area contributed by atoms with Gasteiger partial charge in [0.2, 0.25) is 0 Å². The molecule has 3 nitrogen and oxygen atoms in total. The van der Waals surface area contributed by atoms with Gasteiger partial charge in [0.15, 0.2) is 0 Å². The Bertz CT molecular complexity index is 727. The number of alkyl halides is 3. The lowest BCUT2D eigenvalue weighted by atomic mass is 9.87. The van der Waals surface area contributed by atoms with Crippen LogP contribution in [0.15, 0.2) is 59.8 Å². The zero-order valence-corrected chi connectivity index (χ0v) is 13.6. The summed E-state index contributed by atoms with van der Waals surface area (Å²) in [5.41, 5.74) is 1.84. The SMILES string of the molecule is O/N=C1/CN(Cc2ccccc2)CCC1c1ccc(C(F)(F)F)cc1. The molecule has 0 spiro atoms. The molecule has 1 aliphatic heterocycles. The highest BCUT2D eigenvalue weighted by Crippen LogP contribution is 2.32. The molecule has 1 unspecified atom stereocenters. The second-order valence-electron chi connectivity index (χ2n) is 6.25. The van der Waals surface area contributed by atoms with Crippen molar-refractivity contribution in [2.24, 2.45) is 5.16 Å². The molecule has 25 heavy (non-hydrogen) atoms. The van der Waals surface area contributed by atoms with Gasteiger partial charge in [-0.25, -0.2) is 0 Å². The highest BCUT2D eigenvalue weighted by atomic mass is 19.4. The summed E-state index contributed by atoms with van der Waals surface area (Å²) in [6, 6.07) is 15.1. The van der Waals surface area contributed by atoms with E-state index in [0.717, 1.165) is 30.8 Å². The van der Waals surface area contributed by atoms with Crippen LogP contribution in [0.3, 0.4) is 0 Å². The molecule has 1 N–H and O–H groups in total. The minimum atomic E-state index is -4.34. The second kappa shape index (κ2) is 7.27. The fourth-order valence-corrected chi connectivity index (χ4v) is 3.24. The highest BCUT2D eigenvalue weighted by molar-refractivity contribution is 5.92. The van der Waals surface area contributed by atoms with Crippen LogP contribution in [0.25, 0.3) is 0 Å². The van der Waals surface area contributed by atoms with E-state index in [0.29, 0.717) is 18.7 Å². The Labute approximate surface area is 144 Å². The van der Waals surface area contributed by atoms with Crippen molar-refractivity contribution in [1.82, 2.24) is 4.90 Å². The molecule has 6 heteroatoms. The maximum absolute atomic E-state index is 12.7. The summed E-state index contributed by atoms with van der Waals surface area (Å²) in [6.07, 6.45) is -3.64. The Morgan fingerprint density at radius 2 is 1.72 bits per heavy atom. The molecule has 1 aliphatic rings. The number of rotatable bonds is 3. The predicted molar refractivity (Wildman–Crippen MR) is 89.7 cm³/mol. The zero-order chi connectivity index (χ0) is 17.9. The first-order valence-corrected chi connectivity index (χ1v) is 8.11. The molecule has 0 radical (unpaired) electrons. The lowest BCUT2D eigenvalue weighted by Crippen LogP contribution is -2.39. The maximum Gasteiger partial charge on any atom is 0.416 e. The topological polar surface area (TPSA) is 35.8 Å². The standard InChI is InChI=1S/C19H19F3N2O/c20-19(21,22)16-8-6-15(7-9-16)17-10-11-24(13-18(17)23-25)12-14-4-2-1-3-5-14/h1-9,17,25H,10-13H2/b23-18-. The molecule has 1 heterocycles. The van der Waals surface area contributed by atoms with Crippen LogP contribution in [-0.4, -0.2) is 28.9 Å². The van der Waals surface area contributed by atoms with Crippen molar-refractivity contribution >= 4 is 5.71 Å². The van der Waals surface area contributed by atoms with Gasteiger partial charge in [-0.15, -0.1) is 0 Å². The quantitative estimate of drug-likeness (QED) is 0.654. The number of piperidine rings is 1. The minimum Gasteiger partial charge on any atom is -0.411 e. The van der Waals surface area contributed by atoms with E-state index in [-0.39, 0.29) is 5.92 Å². The Morgan fingerprint density at radius 1 is 1.04 bits per heavy atom. The van der Waals surface area contributed by atoms with Gasteiger partial charge in [0, 0.05) is 19.0 Å². The second-order valence-corrected chi connectivity index (χ2v) is 6.25. The van der Waals surface area contributed by atoms with Gasteiger partial charge in [-0.1, -0.05) is 47.6 Å². The molecule has 0 saturated carbocycles. The van der Waals surface area contributed by atoms with Gasteiger partial charge in [-0.3, -0.25) is 4.90 Å². The monoisotopic (exact) mass is 348 g/mol. The minimum absolute atomic E-state index is 0.153. The third-order valence-corrected chi connectivity index (χ3v) is 4.54. The number of hydrogen-bond donors (Lipinski definition) is 1. The Balaban J connectivity index is 1.70. The first kappa shape index (κ1) is 17.5. The number of oxime groups is 1. The van der Waals surface area contributed by atoms with Crippen LogP contribution in [0.1, 0.15) is 29.0 Å². The maximum atomic E-state index is 12.7. The average Bonchev–Trinajstić information content (AvgIpc) is 2.62. The number of hydrogen-bond acceptors (Lipinski definition) is 3. The van der Waals surface area contributed by atoms with Crippen molar-refractivity contribution in [2.45, 2.75) is 25.1 Å². The van der Waals surface area contributed by atoms with Crippen LogP contribution in [0.4, 0.5) is 13.2 Å². The summed E-state index contributed by atoms with van der Waals surface area (Å²) in [6.45, 7) is 2.04. The Morgan fingerprint density at radius 3 is 2.32 bits per heavy atom. The normalized spacial score (nSPS) is 20.8. The molecule has 2 aromatic carbocycles. The summed E-state index contributed by atoms with van der Waals surface area (Å²) in [5.74, 6) is -0.153. The van der Waals surface area contributed by atoms with Gasteiger partial charge < -0.3 is 5.21 Å². The average molecular weight is 348 g/mol. The van der Waals surface area contributed by atoms with Gasteiger partial charge in [-0.05, 0) is 36.2 Å². The summed E-state index contributed by atoms with van der Waals surface area (Å²) in [5, 5.41) is 12.8. The zero-order valence-electron chi connectivity index (χ0n) is 13.6. The van der Waals surface area contributed by atoms with Crippen LogP contribution in [-0.2, 0) is 12.7 Å². The molecule has 0 aromatic heterocycles. The largest absolute Gasteiger partial charge is 0.416 e. The van der Waals surface area contributed by atoms with Crippen LogP contribution in [0.2, 0.25) is 0 Å². The molecular weight excluding hydrogens is 329 g/mol. The fourth-order valence-electron chi connectivity index (χ4n) is 3.24. The first-order valence-electron chi connectivity index (χ1n) is 8.11. The van der Waals surface area contributed by atoms with Crippen molar-refractivity contribution in [3.63, 3.8) is 0 Å².